The molecule has 0 spiro atoms. The van der Waals surface area contributed by atoms with Gasteiger partial charge in [-0.25, -0.2) is 4.98 Å². The van der Waals surface area contributed by atoms with Crippen molar-refractivity contribution in [2.45, 2.75) is 24.9 Å². The largest absolute Gasteiger partial charge is 0.434 e. The molecule has 6 nitrogen and oxygen atoms in total. The molecule has 132 valence electrons. The number of carbonyl (C=O) groups is 1. The summed E-state index contributed by atoms with van der Waals surface area (Å²) in [4.78, 5) is 20.6. The molecule has 25 heavy (non-hydrogen) atoms. The van der Waals surface area contributed by atoms with Crippen LogP contribution in [-0.2, 0) is 13.2 Å². The van der Waals surface area contributed by atoms with Gasteiger partial charge in [-0.3, -0.25) is 4.79 Å². The smallest absolute Gasteiger partial charge is 0.356 e. The van der Waals surface area contributed by atoms with E-state index in [1.165, 1.54) is 23.9 Å². The van der Waals surface area contributed by atoms with E-state index in [0.29, 0.717) is 43.0 Å². The Kier molecular flexibility index (Phi) is 4.29. The quantitative estimate of drug-likeness (QED) is 0.904. The number of halogens is 3. The number of rotatable bonds is 2. The second-order valence-electron chi connectivity index (χ2n) is 6.10. The lowest BCUT2D eigenvalue weighted by Crippen LogP contribution is -2.39. The van der Waals surface area contributed by atoms with Crippen molar-refractivity contribution in [1.29, 1.82) is 5.26 Å². The molecule has 0 saturated carbocycles. The highest BCUT2D eigenvalue weighted by Gasteiger charge is 2.36. The molecule has 3 heterocycles. The number of carbonyl (C=O) groups excluding carboxylic acids is 1. The SMILES string of the molecule is Cn1cc(C(F)(F)F)nc1[C@@H]1CCCN(C(=O)c2cc(C#N)c[nH]2)C1. The van der Waals surface area contributed by atoms with E-state index in [-0.39, 0.29) is 11.8 Å². The van der Waals surface area contributed by atoms with Crippen molar-refractivity contribution in [1.82, 2.24) is 19.4 Å². The summed E-state index contributed by atoms with van der Waals surface area (Å²) in [5.74, 6) is -0.199. The zero-order valence-electron chi connectivity index (χ0n) is 13.5. The Hall–Kier alpha value is -2.76. The monoisotopic (exact) mass is 351 g/mol. The van der Waals surface area contributed by atoms with Gasteiger partial charge >= 0.3 is 6.18 Å². The normalized spacial score (nSPS) is 18.2. The second kappa shape index (κ2) is 6.27. The maximum Gasteiger partial charge on any atom is 0.434 e. The summed E-state index contributed by atoms with van der Waals surface area (Å²) < 4.78 is 39.9. The first kappa shape index (κ1) is 17.1. The Morgan fingerprint density at radius 3 is 2.84 bits per heavy atom. The predicted octanol–water partition coefficient (Wildman–Crippen LogP) is 2.66. The molecule has 3 rings (SSSR count). The topological polar surface area (TPSA) is 77.7 Å². The van der Waals surface area contributed by atoms with Crippen molar-refractivity contribution in [3.05, 3.63) is 41.2 Å². The molecule has 1 atom stereocenters. The fourth-order valence-electron chi connectivity index (χ4n) is 3.12. The van der Waals surface area contributed by atoms with Crippen LogP contribution in [0.15, 0.2) is 18.5 Å². The fourth-order valence-corrected chi connectivity index (χ4v) is 3.12. The van der Waals surface area contributed by atoms with Crippen molar-refractivity contribution in [3.63, 3.8) is 0 Å². The number of nitrogens with zero attached hydrogens (tertiary/aromatic N) is 4. The number of aryl methyl sites for hydroxylation is 1. The molecule has 1 amide bonds. The molecule has 0 bridgehead atoms. The summed E-state index contributed by atoms with van der Waals surface area (Å²) in [5.41, 5.74) is -0.264. The van der Waals surface area contributed by atoms with Crippen LogP contribution in [0, 0.1) is 11.3 Å². The average molecular weight is 351 g/mol. The van der Waals surface area contributed by atoms with Gasteiger partial charge in [-0.15, -0.1) is 0 Å². The Morgan fingerprint density at radius 1 is 1.48 bits per heavy atom. The van der Waals surface area contributed by atoms with Gasteiger partial charge in [0.15, 0.2) is 5.69 Å². The first-order chi connectivity index (χ1) is 11.8. The number of nitriles is 1. The van der Waals surface area contributed by atoms with Crippen LogP contribution in [0.5, 0.6) is 0 Å². The summed E-state index contributed by atoms with van der Waals surface area (Å²) in [6, 6.07) is 3.41. The maximum absolute atomic E-state index is 12.8. The lowest BCUT2D eigenvalue weighted by Gasteiger charge is -2.32. The van der Waals surface area contributed by atoms with Gasteiger partial charge in [0.1, 0.15) is 17.6 Å². The van der Waals surface area contributed by atoms with Crippen molar-refractivity contribution in [2.75, 3.05) is 13.1 Å². The molecule has 0 unspecified atom stereocenters. The molecule has 1 aliphatic rings. The van der Waals surface area contributed by atoms with E-state index in [1.54, 1.807) is 4.90 Å². The number of aromatic amines is 1. The van der Waals surface area contributed by atoms with Gasteiger partial charge in [-0.2, -0.15) is 18.4 Å². The number of piperidine rings is 1. The van der Waals surface area contributed by atoms with Gasteiger partial charge in [0.25, 0.3) is 5.91 Å². The molecule has 0 aliphatic carbocycles. The third-order valence-corrected chi connectivity index (χ3v) is 4.32. The summed E-state index contributed by atoms with van der Waals surface area (Å²) >= 11 is 0. The van der Waals surface area contributed by atoms with Crippen LogP contribution in [0.25, 0.3) is 0 Å². The minimum absolute atomic E-state index is 0.260. The number of hydrogen-bond donors (Lipinski definition) is 1. The van der Waals surface area contributed by atoms with Crippen molar-refractivity contribution in [2.24, 2.45) is 7.05 Å². The average Bonchev–Trinajstić information content (AvgIpc) is 3.20. The van der Waals surface area contributed by atoms with Crippen LogP contribution < -0.4 is 0 Å². The Balaban J connectivity index is 1.78. The molecule has 1 N–H and O–H groups in total. The van der Waals surface area contributed by atoms with Gasteiger partial charge in [-0.1, -0.05) is 0 Å². The summed E-state index contributed by atoms with van der Waals surface area (Å²) in [6.07, 6.45) is -0.724. The van der Waals surface area contributed by atoms with Crippen LogP contribution in [0.4, 0.5) is 13.2 Å². The van der Waals surface area contributed by atoms with E-state index in [4.69, 9.17) is 5.26 Å². The highest BCUT2D eigenvalue weighted by molar-refractivity contribution is 5.93. The summed E-state index contributed by atoms with van der Waals surface area (Å²) in [6.45, 7) is 0.814. The molecule has 1 saturated heterocycles. The Morgan fingerprint density at radius 2 is 2.24 bits per heavy atom. The number of hydrogen-bond acceptors (Lipinski definition) is 3. The van der Waals surface area contributed by atoms with E-state index in [0.717, 1.165) is 6.20 Å². The van der Waals surface area contributed by atoms with E-state index < -0.39 is 11.9 Å². The highest BCUT2D eigenvalue weighted by Crippen LogP contribution is 2.32. The molecular formula is C16H16F3N5O. The number of H-pyrrole nitrogens is 1. The highest BCUT2D eigenvalue weighted by atomic mass is 19.4. The van der Waals surface area contributed by atoms with Gasteiger partial charge in [-0.05, 0) is 18.9 Å². The first-order valence-corrected chi connectivity index (χ1v) is 7.78. The lowest BCUT2D eigenvalue weighted by molar-refractivity contribution is -0.141. The van der Waals surface area contributed by atoms with Crippen LogP contribution in [0.1, 0.15) is 46.3 Å². The number of amides is 1. The predicted molar refractivity (Wildman–Crippen MR) is 81.6 cm³/mol. The maximum atomic E-state index is 12.8. The zero-order chi connectivity index (χ0) is 18.2. The van der Waals surface area contributed by atoms with Gasteiger partial charge in [0.2, 0.25) is 0 Å². The molecule has 9 heteroatoms. The van der Waals surface area contributed by atoms with Crippen molar-refractivity contribution >= 4 is 5.91 Å². The van der Waals surface area contributed by atoms with Gasteiger partial charge in [0.05, 0.1) is 5.56 Å². The third-order valence-electron chi connectivity index (χ3n) is 4.32. The van der Waals surface area contributed by atoms with E-state index >= 15 is 0 Å². The molecular weight excluding hydrogens is 335 g/mol. The van der Waals surface area contributed by atoms with E-state index in [1.807, 2.05) is 6.07 Å². The van der Waals surface area contributed by atoms with E-state index in [2.05, 4.69) is 9.97 Å². The number of likely N-dealkylation sites (tertiary alicyclic amines) is 1. The van der Waals surface area contributed by atoms with Gasteiger partial charge < -0.3 is 14.5 Å². The number of alkyl halides is 3. The minimum Gasteiger partial charge on any atom is -0.356 e. The van der Waals surface area contributed by atoms with Crippen molar-refractivity contribution in [3.8, 4) is 6.07 Å². The Bertz CT molecular complexity index is 830. The first-order valence-electron chi connectivity index (χ1n) is 7.78. The lowest BCUT2D eigenvalue weighted by atomic mass is 9.97. The second-order valence-corrected chi connectivity index (χ2v) is 6.10. The van der Waals surface area contributed by atoms with Crippen molar-refractivity contribution < 1.29 is 18.0 Å². The Labute approximate surface area is 141 Å². The van der Waals surface area contributed by atoms with Crippen LogP contribution in [0.3, 0.4) is 0 Å². The summed E-state index contributed by atoms with van der Waals surface area (Å²) in [5, 5.41) is 8.83. The fraction of sp³-hybridized carbons (Fsp3) is 0.438. The van der Waals surface area contributed by atoms with Gasteiger partial charge in [0, 0.05) is 38.4 Å². The van der Waals surface area contributed by atoms with E-state index in [9.17, 15) is 18.0 Å². The standard InChI is InChI=1S/C16H16F3N5O/c1-23-9-13(16(17,18)19)22-14(23)11-3-2-4-24(8-11)15(25)12-5-10(6-20)7-21-12/h5,7,9,11,21H,2-4,8H2,1H3/t11-/m1/s1. The molecule has 1 fully saturated rings. The minimum atomic E-state index is -4.49. The summed E-state index contributed by atoms with van der Waals surface area (Å²) in [7, 11) is 1.53. The van der Waals surface area contributed by atoms with Crippen LogP contribution >= 0.6 is 0 Å². The van der Waals surface area contributed by atoms with Crippen LogP contribution in [-0.4, -0.2) is 38.4 Å². The molecule has 2 aromatic heterocycles. The molecule has 0 radical (unpaired) electrons. The number of nitrogens with one attached hydrogen (secondary N) is 1. The van der Waals surface area contributed by atoms with Crippen LogP contribution in [0.2, 0.25) is 0 Å². The number of imidazole rings is 1. The number of aromatic nitrogens is 3. The molecule has 1 aliphatic heterocycles. The third kappa shape index (κ3) is 3.38. The molecule has 0 aromatic carbocycles. The molecule has 2 aromatic rings. The zero-order valence-corrected chi connectivity index (χ0v) is 13.5.